The molecule has 0 saturated carbocycles. The average Bonchev–Trinajstić information content (AvgIpc) is 2.63. The van der Waals surface area contributed by atoms with Gasteiger partial charge in [0, 0.05) is 24.3 Å². The summed E-state index contributed by atoms with van der Waals surface area (Å²) in [6, 6.07) is 1.35. The number of hydrogen-bond acceptors (Lipinski definition) is 6. The molecule has 0 spiro atoms. The van der Waals surface area contributed by atoms with E-state index < -0.39 is 52.4 Å². The number of fused-ring (bicyclic) bond motifs is 1. The molecule has 2 heterocycles. The Kier molecular flexibility index (Phi) is 5.36. The molecular formula is C17H14F2N2O6S. The number of hydrogen-bond donors (Lipinski definition) is 2. The summed E-state index contributed by atoms with van der Waals surface area (Å²) < 4.78 is 31.5. The molecular weight excluding hydrogens is 398 g/mol. The van der Waals surface area contributed by atoms with E-state index in [-0.39, 0.29) is 23.6 Å². The molecule has 1 saturated heterocycles. The van der Waals surface area contributed by atoms with Crippen molar-refractivity contribution in [3.05, 3.63) is 46.7 Å². The molecule has 148 valence electrons. The van der Waals surface area contributed by atoms with Crippen molar-refractivity contribution in [1.29, 1.82) is 0 Å². The molecule has 0 radical (unpaired) electrons. The molecule has 3 rings (SSSR count). The van der Waals surface area contributed by atoms with E-state index in [4.69, 9.17) is 4.74 Å². The van der Waals surface area contributed by atoms with Gasteiger partial charge in [-0.2, -0.15) is 0 Å². The Bertz CT molecular complexity index is 919. The van der Waals surface area contributed by atoms with Crippen LogP contribution in [0.4, 0.5) is 8.78 Å². The minimum Gasteiger partial charge on any atom is -0.477 e. The molecule has 2 N–H and O–H groups in total. The Morgan fingerprint density at radius 3 is 2.68 bits per heavy atom. The van der Waals surface area contributed by atoms with Crippen LogP contribution in [0.5, 0.6) is 0 Å². The van der Waals surface area contributed by atoms with Crippen molar-refractivity contribution in [2.45, 2.75) is 18.3 Å². The van der Waals surface area contributed by atoms with E-state index in [1.807, 2.05) is 0 Å². The first-order valence-corrected chi connectivity index (χ1v) is 9.05. The average molecular weight is 412 g/mol. The molecule has 2 atom stereocenters. The second kappa shape index (κ2) is 7.58. The molecule has 11 heteroatoms. The monoisotopic (exact) mass is 412 g/mol. The first-order valence-electron chi connectivity index (χ1n) is 8.00. The highest BCUT2D eigenvalue weighted by atomic mass is 32.2. The van der Waals surface area contributed by atoms with Gasteiger partial charge in [0.1, 0.15) is 35.4 Å². The minimum atomic E-state index is -1.37. The molecule has 1 aromatic carbocycles. The Morgan fingerprint density at radius 1 is 1.36 bits per heavy atom. The van der Waals surface area contributed by atoms with Gasteiger partial charge in [-0.1, -0.05) is 0 Å². The van der Waals surface area contributed by atoms with Gasteiger partial charge in [0.2, 0.25) is 0 Å². The van der Waals surface area contributed by atoms with Crippen LogP contribution in [0, 0.1) is 11.6 Å². The zero-order chi connectivity index (χ0) is 20.6. The number of nitrogens with one attached hydrogen (secondary N) is 1. The van der Waals surface area contributed by atoms with Gasteiger partial charge < -0.3 is 15.2 Å². The van der Waals surface area contributed by atoms with Gasteiger partial charge in [-0.05, 0) is 12.1 Å². The van der Waals surface area contributed by atoms with Crippen molar-refractivity contribution in [2.75, 3.05) is 12.4 Å². The zero-order valence-corrected chi connectivity index (χ0v) is 15.2. The highest BCUT2D eigenvalue weighted by molar-refractivity contribution is 8.00. The molecule has 0 aliphatic carbocycles. The van der Waals surface area contributed by atoms with Crippen molar-refractivity contribution in [3.8, 4) is 0 Å². The number of carbonyl (C=O) groups excluding carboxylic acids is 3. The van der Waals surface area contributed by atoms with E-state index >= 15 is 0 Å². The van der Waals surface area contributed by atoms with Crippen LogP contribution >= 0.6 is 11.8 Å². The van der Waals surface area contributed by atoms with E-state index in [0.29, 0.717) is 6.07 Å². The number of carbonyl (C=O) groups is 4. The number of amides is 2. The number of halogens is 2. The number of aliphatic carboxylic acids is 1. The van der Waals surface area contributed by atoms with Gasteiger partial charge in [0.15, 0.2) is 0 Å². The summed E-state index contributed by atoms with van der Waals surface area (Å²) in [5.74, 6) is -5.32. The predicted molar refractivity (Wildman–Crippen MR) is 92.0 cm³/mol. The largest absolute Gasteiger partial charge is 0.477 e. The van der Waals surface area contributed by atoms with Crippen LogP contribution < -0.4 is 5.32 Å². The lowest BCUT2D eigenvalue weighted by atomic mass is 10.0. The molecule has 2 aliphatic rings. The van der Waals surface area contributed by atoms with Gasteiger partial charge in [0.05, 0.1) is 5.56 Å². The number of carboxylic acid groups (broad SMARTS) is 1. The van der Waals surface area contributed by atoms with Crippen molar-refractivity contribution in [2.24, 2.45) is 0 Å². The van der Waals surface area contributed by atoms with E-state index in [1.165, 1.54) is 18.7 Å². The highest BCUT2D eigenvalue weighted by Crippen LogP contribution is 2.40. The van der Waals surface area contributed by atoms with Crippen molar-refractivity contribution >= 4 is 35.5 Å². The van der Waals surface area contributed by atoms with Crippen LogP contribution in [0.3, 0.4) is 0 Å². The van der Waals surface area contributed by atoms with Gasteiger partial charge in [0.25, 0.3) is 11.8 Å². The van der Waals surface area contributed by atoms with Gasteiger partial charge in [-0.25, -0.2) is 13.6 Å². The summed E-state index contributed by atoms with van der Waals surface area (Å²) in [6.07, 6.45) is 0. The standard InChI is InChI=1S/C17H14F2N2O6S/c1-7(22)27-5-8-6-28-16-12(15(24)21(16)13(8)17(25)26)20-14(23)10-3-2-9(18)4-11(10)19/h2-4,12,16H,5-6H2,1H3,(H,20,23)(H,25,26). The number of rotatable bonds is 5. The third-order valence-electron chi connectivity index (χ3n) is 4.16. The number of benzene rings is 1. The molecule has 2 aliphatic heterocycles. The van der Waals surface area contributed by atoms with E-state index in [1.54, 1.807) is 0 Å². The third-order valence-corrected chi connectivity index (χ3v) is 5.50. The molecule has 8 nitrogen and oxygen atoms in total. The first-order chi connectivity index (χ1) is 13.2. The van der Waals surface area contributed by atoms with Crippen molar-refractivity contribution in [1.82, 2.24) is 10.2 Å². The summed E-state index contributed by atoms with van der Waals surface area (Å²) in [6.45, 7) is 0.910. The second-order valence-corrected chi connectivity index (χ2v) is 7.13. The number of ether oxygens (including phenoxy) is 1. The van der Waals surface area contributed by atoms with Crippen LogP contribution in [0.2, 0.25) is 0 Å². The number of nitrogens with zero attached hydrogens (tertiary/aromatic N) is 1. The highest BCUT2D eigenvalue weighted by Gasteiger charge is 2.54. The molecule has 0 bridgehead atoms. The predicted octanol–water partition coefficient (Wildman–Crippen LogP) is 0.880. The van der Waals surface area contributed by atoms with E-state index in [2.05, 4.69) is 5.32 Å². The summed E-state index contributed by atoms with van der Waals surface area (Å²) in [7, 11) is 0. The van der Waals surface area contributed by atoms with E-state index in [0.717, 1.165) is 17.0 Å². The summed E-state index contributed by atoms with van der Waals surface area (Å²) in [4.78, 5) is 48.2. The van der Waals surface area contributed by atoms with Crippen LogP contribution in [0.25, 0.3) is 0 Å². The van der Waals surface area contributed by atoms with Crippen LogP contribution in [0.15, 0.2) is 29.5 Å². The molecule has 2 amide bonds. The smallest absolute Gasteiger partial charge is 0.352 e. The molecule has 2 unspecified atom stereocenters. The lowest BCUT2D eigenvalue weighted by Crippen LogP contribution is -2.70. The van der Waals surface area contributed by atoms with E-state index in [9.17, 15) is 33.1 Å². The Morgan fingerprint density at radius 2 is 2.07 bits per heavy atom. The van der Waals surface area contributed by atoms with Gasteiger partial charge in [-0.3, -0.25) is 19.3 Å². The van der Waals surface area contributed by atoms with Crippen molar-refractivity contribution in [3.63, 3.8) is 0 Å². The number of β-lactam (4-membered cyclic amide) rings is 1. The van der Waals surface area contributed by atoms with Crippen LogP contribution in [0.1, 0.15) is 17.3 Å². The normalized spacial score (nSPS) is 21.0. The molecule has 0 aromatic heterocycles. The lowest BCUT2D eigenvalue weighted by molar-refractivity contribution is -0.149. The maximum Gasteiger partial charge on any atom is 0.352 e. The number of thioether (sulfide) groups is 1. The fourth-order valence-corrected chi connectivity index (χ4v) is 4.20. The summed E-state index contributed by atoms with van der Waals surface area (Å²) in [5.41, 5.74) is -0.474. The van der Waals surface area contributed by atoms with Gasteiger partial charge in [-0.15, -0.1) is 11.8 Å². The van der Waals surface area contributed by atoms with Gasteiger partial charge >= 0.3 is 11.9 Å². The van der Waals surface area contributed by atoms with Crippen LogP contribution in [-0.4, -0.2) is 57.5 Å². The van der Waals surface area contributed by atoms with Crippen molar-refractivity contribution < 1.29 is 37.8 Å². The number of carboxylic acids is 1. The third kappa shape index (κ3) is 3.57. The fraction of sp³-hybridized carbons (Fsp3) is 0.294. The minimum absolute atomic E-state index is 0.167. The summed E-state index contributed by atoms with van der Waals surface area (Å²) >= 11 is 1.17. The lowest BCUT2D eigenvalue weighted by Gasteiger charge is -2.49. The Hall–Kier alpha value is -2.95. The molecule has 28 heavy (non-hydrogen) atoms. The molecule has 1 fully saturated rings. The Labute approximate surface area is 161 Å². The fourth-order valence-electron chi connectivity index (χ4n) is 2.88. The molecule has 1 aromatic rings. The first kappa shape index (κ1) is 19.8. The zero-order valence-electron chi connectivity index (χ0n) is 14.4. The summed E-state index contributed by atoms with van der Waals surface area (Å²) in [5, 5.41) is 11.1. The quantitative estimate of drug-likeness (QED) is 0.545. The second-order valence-electron chi connectivity index (χ2n) is 6.02. The maximum absolute atomic E-state index is 13.7. The SMILES string of the molecule is CC(=O)OCC1=C(C(=O)O)N2C(=O)C(NC(=O)c3ccc(F)cc3F)C2SC1. The van der Waals surface area contributed by atoms with Crippen LogP contribution in [-0.2, 0) is 19.1 Å². The number of esters is 1. The Balaban J connectivity index is 1.77. The topological polar surface area (TPSA) is 113 Å². The maximum atomic E-state index is 13.7.